The molecule has 3 aromatic rings. The molecule has 3 unspecified atom stereocenters. The number of aromatic nitrogens is 1. The Bertz CT molecular complexity index is 1170. The largest absolute Gasteiger partial charge is 0.357 e. The highest BCUT2D eigenvalue weighted by atomic mass is 16.2. The summed E-state index contributed by atoms with van der Waals surface area (Å²) in [6.07, 6.45) is 6.68. The van der Waals surface area contributed by atoms with Gasteiger partial charge in [-0.3, -0.25) is 9.59 Å². The second-order valence-electron chi connectivity index (χ2n) is 8.33. The summed E-state index contributed by atoms with van der Waals surface area (Å²) in [5.74, 6) is -0.327. The van der Waals surface area contributed by atoms with Gasteiger partial charge >= 0.3 is 0 Å². The normalized spacial score (nSPS) is 22.2. The van der Waals surface area contributed by atoms with Gasteiger partial charge in [0.1, 0.15) is 5.78 Å². The Balaban J connectivity index is 1.72. The van der Waals surface area contributed by atoms with Crippen molar-refractivity contribution >= 4 is 23.1 Å². The molecule has 160 valence electrons. The molecule has 0 saturated carbocycles. The first-order valence-corrected chi connectivity index (χ1v) is 11.1. The number of carbonyl (C=O) groups is 2. The number of hydrogen-bond donors (Lipinski definition) is 1. The zero-order valence-electron chi connectivity index (χ0n) is 18.0. The van der Waals surface area contributed by atoms with Crippen molar-refractivity contribution in [3.05, 3.63) is 102 Å². The number of allylic oxidation sites excluding steroid dienone is 1. The summed E-state index contributed by atoms with van der Waals surface area (Å²) in [4.78, 5) is 32.0. The highest BCUT2D eigenvalue weighted by Gasteiger charge is 2.45. The maximum atomic E-state index is 13.7. The van der Waals surface area contributed by atoms with Gasteiger partial charge in [-0.15, -0.1) is 0 Å². The highest BCUT2D eigenvalue weighted by Crippen LogP contribution is 2.47. The summed E-state index contributed by atoms with van der Waals surface area (Å²) in [6, 6.07) is 21.4. The molecule has 5 rings (SSSR count). The molecule has 5 heteroatoms. The fraction of sp³-hybridized carbons (Fsp3) is 0.222. The molecular weight excluding hydrogens is 398 g/mol. The van der Waals surface area contributed by atoms with Crippen molar-refractivity contribution in [3.63, 3.8) is 0 Å². The second-order valence-corrected chi connectivity index (χ2v) is 8.33. The summed E-state index contributed by atoms with van der Waals surface area (Å²) in [5, 5.41) is 3.54. The van der Waals surface area contributed by atoms with Crippen LogP contribution in [0.25, 0.3) is 0 Å². The Hall–Kier alpha value is -3.73. The number of nitrogens with zero attached hydrogens (tertiary/aromatic N) is 1. The third kappa shape index (κ3) is 3.50. The molecule has 2 heterocycles. The van der Waals surface area contributed by atoms with Gasteiger partial charge in [-0.25, -0.2) is 4.98 Å². The number of carbonyl (C=O) groups excluding carboxylic acids is 2. The van der Waals surface area contributed by atoms with Crippen LogP contribution >= 0.6 is 0 Å². The van der Waals surface area contributed by atoms with E-state index >= 15 is 0 Å². The minimum atomic E-state index is -0.464. The van der Waals surface area contributed by atoms with Crippen molar-refractivity contribution in [1.82, 2.24) is 0 Å². The van der Waals surface area contributed by atoms with Crippen molar-refractivity contribution in [2.24, 2.45) is 5.92 Å². The van der Waals surface area contributed by atoms with E-state index in [1.54, 1.807) is 0 Å². The van der Waals surface area contributed by atoms with Crippen LogP contribution in [-0.2, 0) is 9.59 Å². The number of hydrogen-bond acceptors (Lipinski definition) is 3. The Morgan fingerprint density at radius 2 is 1.78 bits per heavy atom. The number of Topliss-reactive ketones (excluding diaryl/α,β-unsaturated/α-hetero) is 1. The maximum absolute atomic E-state index is 13.7. The van der Waals surface area contributed by atoms with E-state index in [9.17, 15) is 9.59 Å². The molecule has 2 aliphatic rings. The molecule has 0 saturated heterocycles. The van der Waals surface area contributed by atoms with Crippen LogP contribution in [0.2, 0.25) is 0 Å². The Morgan fingerprint density at radius 1 is 1.03 bits per heavy atom. The molecule has 0 bridgehead atoms. The predicted molar refractivity (Wildman–Crippen MR) is 124 cm³/mol. The summed E-state index contributed by atoms with van der Waals surface area (Å²) < 4.78 is 0. The van der Waals surface area contributed by atoms with Crippen molar-refractivity contribution in [2.45, 2.75) is 31.7 Å². The minimum absolute atomic E-state index is 0.00558. The van der Waals surface area contributed by atoms with Gasteiger partial charge in [-0.05, 0) is 23.8 Å². The molecule has 1 aliphatic carbocycles. The van der Waals surface area contributed by atoms with Gasteiger partial charge in [0, 0.05) is 36.1 Å². The van der Waals surface area contributed by atoms with E-state index < -0.39 is 12.0 Å². The fourth-order valence-corrected chi connectivity index (χ4v) is 4.91. The Labute approximate surface area is 187 Å². The molecule has 2 N–H and O–H groups in total. The third-order valence-electron chi connectivity index (χ3n) is 6.39. The maximum Gasteiger partial charge on any atom is 0.227 e. The number of H-pyrrole nitrogens is 1. The predicted octanol–water partition coefficient (Wildman–Crippen LogP) is 4.67. The Morgan fingerprint density at radius 3 is 2.53 bits per heavy atom. The van der Waals surface area contributed by atoms with Gasteiger partial charge in [0.25, 0.3) is 0 Å². The number of nitrogens with one attached hydrogen (secondary N) is 2. The molecule has 32 heavy (non-hydrogen) atoms. The van der Waals surface area contributed by atoms with E-state index in [4.69, 9.17) is 0 Å². The first-order valence-electron chi connectivity index (χ1n) is 11.1. The molecule has 5 nitrogen and oxygen atoms in total. The number of para-hydroxylation sites is 2. The molecular formula is C27H26N3O2+. The van der Waals surface area contributed by atoms with E-state index in [1.807, 2.05) is 78.8 Å². The minimum Gasteiger partial charge on any atom is -0.357 e. The number of anilines is 2. The lowest BCUT2D eigenvalue weighted by molar-refractivity contribution is -0.378. The Kier molecular flexibility index (Phi) is 5.31. The molecule has 0 fully saturated rings. The van der Waals surface area contributed by atoms with Crippen molar-refractivity contribution in [1.29, 1.82) is 0 Å². The van der Waals surface area contributed by atoms with E-state index in [1.165, 1.54) is 0 Å². The number of fused-ring (bicyclic) bond motifs is 2. The van der Waals surface area contributed by atoms with Gasteiger partial charge in [-0.1, -0.05) is 55.5 Å². The van der Waals surface area contributed by atoms with Gasteiger partial charge in [0.05, 0.1) is 23.3 Å². The smallest absolute Gasteiger partial charge is 0.227 e. The van der Waals surface area contributed by atoms with Crippen molar-refractivity contribution in [3.8, 4) is 0 Å². The van der Waals surface area contributed by atoms with Crippen LogP contribution in [0.4, 0.5) is 11.4 Å². The SMILES string of the molecule is CCC(=O)N1c2ccccc2NC2=CC(c3ccccc3)CC(=O)C2C1c1ccc[nH+]c1. The molecule has 1 amide bonds. The van der Waals surface area contributed by atoms with Crippen LogP contribution in [0.1, 0.15) is 42.9 Å². The first-order chi connectivity index (χ1) is 15.7. The van der Waals surface area contributed by atoms with Crippen LogP contribution in [0.3, 0.4) is 0 Å². The highest BCUT2D eigenvalue weighted by molar-refractivity contribution is 6.01. The lowest BCUT2D eigenvalue weighted by Gasteiger charge is -2.36. The standard InChI is InChI=1S/C27H25N3O2/c1-2-25(32)30-23-13-7-6-12-21(23)29-22-15-20(18-9-4-3-5-10-18)16-24(31)26(22)27(30)19-11-8-14-28-17-19/h3-15,17,20,26-27,29H,2,16H2,1H3/p+1. The number of ketones is 1. The fourth-order valence-electron chi connectivity index (χ4n) is 4.91. The molecule has 3 atom stereocenters. The number of rotatable bonds is 3. The van der Waals surface area contributed by atoms with E-state index in [0.29, 0.717) is 12.8 Å². The first kappa shape index (κ1) is 20.2. The van der Waals surface area contributed by atoms with Gasteiger partial charge < -0.3 is 10.2 Å². The molecule has 1 aliphatic heterocycles. The monoisotopic (exact) mass is 424 g/mol. The number of amides is 1. The van der Waals surface area contributed by atoms with Crippen LogP contribution in [0.15, 0.2) is 90.9 Å². The van der Waals surface area contributed by atoms with E-state index in [-0.39, 0.29) is 17.6 Å². The summed E-state index contributed by atoms with van der Waals surface area (Å²) >= 11 is 0. The average molecular weight is 425 g/mol. The molecule has 1 aromatic heterocycles. The van der Waals surface area contributed by atoms with Crippen LogP contribution in [0, 0.1) is 5.92 Å². The van der Waals surface area contributed by atoms with Crippen LogP contribution in [-0.4, -0.2) is 11.7 Å². The molecule has 2 aromatic carbocycles. The lowest BCUT2D eigenvalue weighted by atomic mass is 9.76. The van der Waals surface area contributed by atoms with E-state index in [0.717, 1.165) is 28.2 Å². The summed E-state index contributed by atoms with van der Waals surface area (Å²) in [7, 11) is 0. The topological polar surface area (TPSA) is 63.6 Å². The second kappa shape index (κ2) is 8.42. The van der Waals surface area contributed by atoms with Gasteiger partial charge in [0.2, 0.25) is 5.91 Å². The zero-order valence-corrected chi connectivity index (χ0v) is 18.0. The van der Waals surface area contributed by atoms with Crippen molar-refractivity contribution < 1.29 is 14.6 Å². The summed E-state index contributed by atoms with van der Waals surface area (Å²) in [5.41, 5.74) is 4.54. The summed E-state index contributed by atoms with van der Waals surface area (Å²) in [6.45, 7) is 1.86. The van der Waals surface area contributed by atoms with Crippen LogP contribution < -0.4 is 15.2 Å². The van der Waals surface area contributed by atoms with Crippen molar-refractivity contribution in [2.75, 3.05) is 10.2 Å². The third-order valence-corrected chi connectivity index (χ3v) is 6.39. The van der Waals surface area contributed by atoms with Crippen LogP contribution in [0.5, 0.6) is 0 Å². The molecule has 0 spiro atoms. The van der Waals surface area contributed by atoms with E-state index in [2.05, 4.69) is 28.5 Å². The molecule has 0 radical (unpaired) electrons. The lowest BCUT2D eigenvalue weighted by Crippen LogP contribution is -2.42. The number of pyridine rings is 1. The quantitative estimate of drug-likeness (QED) is 0.665. The number of aromatic amines is 1. The van der Waals surface area contributed by atoms with Gasteiger partial charge in [-0.2, -0.15) is 0 Å². The van der Waals surface area contributed by atoms with Gasteiger partial charge in [0.15, 0.2) is 12.4 Å². The average Bonchev–Trinajstić information content (AvgIpc) is 2.99. The zero-order chi connectivity index (χ0) is 22.1. The number of benzene rings is 2.